The molecule has 2 aromatic rings. The summed E-state index contributed by atoms with van der Waals surface area (Å²) in [7, 11) is 3.52. The summed E-state index contributed by atoms with van der Waals surface area (Å²) in [6.45, 7) is 2.91. The van der Waals surface area contributed by atoms with Crippen LogP contribution in [0.3, 0.4) is 0 Å². The maximum atomic E-state index is 11.5. The number of benzene rings is 1. The van der Waals surface area contributed by atoms with Gasteiger partial charge in [0.25, 0.3) is 5.91 Å². The first-order chi connectivity index (χ1) is 9.15. The Hall–Kier alpha value is -2.14. The molecule has 0 atom stereocenters. The Morgan fingerprint density at radius 1 is 1.32 bits per heavy atom. The van der Waals surface area contributed by atoms with Crippen molar-refractivity contribution in [2.24, 2.45) is 0 Å². The van der Waals surface area contributed by atoms with Crippen molar-refractivity contribution in [1.29, 1.82) is 0 Å². The van der Waals surface area contributed by atoms with Gasteiger partial charge in [-0.1, -0.05) is 6.07 Å². The van der Waals surface area contributed by atoms with Gasteiger partial charge in [0.1, 0.15) is 0 Å². The van der Waals surface area contributed by atoms with Crippen LogP contribution in [0.25, 0.3) is 5.69 Å². The Bertz CT molecular complexity index is 589. The first-order valence-corrected chi connectivity index (χ1v) is 6.18. The van der Waals surface area contributed by atoms with Gasteiger partial charge in [0.05, 0.1) is 5.69 Å². The maximum absolute atomic E-state index is 11.5. The van der Waals surface area contributed by atoms with E-state index in [1.807, 2.05) is 13.1 Å². The fraction of sp³-hybridized carbons (Fsp3) is 0.286. The molecule has 2 rings (SSSR count). The van der Waals surface area contributed by atoms with E-state index < -0.39 is 0 Å². The summed E-state index contributed by atoms with van der Waals surface area (Å²) >= 11 is 0. The summed E-state index contributed by atoms with van der Waals surface area (Å²) in [5, 5.41) is 9.95. The molecule has 1 heterocycles. The van der Waals surface area contributed by atoms with Crippen LogP contribution in [-0.4, -0.2) is 29.8 Å². The third-order valence-electron chi connectivity index (χ3n) is 3.01. The number of aryl methyl sites for hydroxylation is 1. The molecule has 5 nitrogen and oxygen atoms in total. The van der Waals surface area contributed by atoms with Crippen molar-refractivity contribution in [3.05, 3.63) is 47.3 Å². The van der Waals surface area contributed by atoms with Crippen LogP contribution in [-0.2, 0) is 6.54 Å². The van der Waals surface area contributed by atoms with Gasteiger partial charge in [-0.15, -0.1) is 0 Å². The van der Waals surface area contributed by atoms with Crippen LogP contribution in [0.1, 0.15) is 21.6 Å². The average Bonchev–Trinajstić information content (AvgIpc) is 2.90. The van der Waals surface area contributed by atoms with Crippen molar-refractivity contribution >= 4 is 5.91 Å². The number of rotatable bonds is 4. The first kappa shape index (κ1) is 13.3. The quantitative estimate of drug-likeness (QED) is 0.868. The molecule has 0 aliphatic heterocycles. The van der Waals surface area contributed by atoms with Crippen molar-refractivity contribution in [1.82, 2.24) is 20.4 Å². The van der Waals surface area contributed by atoms with Crippen molar-refractivity contribution in [3.8, 4) is 5.69 Å². The Kier molecular flexibility index (Phi) is 3.97. The van der Waals surface area contributed by atoms with E-state index in [0.717, 1.165) is 12.2 Å². The van der Waals surface area contributed by atoms with E-state index in [1.165, 1.54) is 11.1 Å². The van der Waals surface area contributed by atoms with E-state index in [-0.39, 0.29) is 5.91 Å². The van der Waals surface area contributed by atoms with Gasteiger partial charge in [-0.3, -0.25) is 4.79 Å². The third-order valence-corrected chi connectivity index (χ3v) is 3.01. The predicted octanol–water partition coefficient (Wildman–Crippen LogP) is 1.26. The summed E-state index contributed by atoms with van der Waals surface area (Å²) in [6.07, 6.45) is 1.79. The molecule has 0 bridgehead atoms. The van der Waals surface area contributed by atoms with Crippen LogP contribution in [0.4, 0.5) is 0 Å². The largest absolute Gasteiger partial charge is 0.354 e. The Morgan fingerprint density at radius 2 is 2.11 bits per heavy atom. The molecular formula is C14H18N4O. The smallest absolute Gasteiger partial charge is 0.271 e. The summed E-state index contributed by atoms with van der Waals surface area (Å²) in [6, 6.07) is 7.84. The minimum absolute atomic E-state index is 0.178. The van der Waals surface area contributed by atoms with Crippen molar-refractivity contribution in [2.75, 3.05) is 14.1 Å². The first-order valence-electron chi connectivity index (χ1n) is 6.18. The molecule has 19 heavy (non-hydrogen) atoms. The number of aromatic nitrogens is 2. The van der Waals surface area contributed by atoms with Crippen LogP contribution < -0.4 is 10.6 Å². The van der Waals surface area contributed by atoms with Gasteiger partial charge >= 0.3 is 0 Å². The zero-order chi connectivity index (χ0) is 13.8. The van der Waals surface area contributed by atoms with Crippen LogP contribution in [0, 0.1) is 6.92 Å². The second kappa shape index (κ2) is 5.67. The molecule has 0 radical (unpaired) electrons. The van der Waals surface area contributed by atoms with E-state index >= 15 is 0 Å². The van der Waals surface area contributed by atoms with Gasteiger partial charge in [0.15, 0.2) is 5.69 Å². The Morgan fingerprint density at radius 3 is 2.74 bits per heavy atom. The topological polar surface area (TPSA) is 59.0 Å². The molecule has 100 valence electrons. The number of hydrogen-bond donors (Lipinski definition) is 2. The van der Waals surface area contributed by atoms with Crippen LogP contribution in [0.15, 0.2) is 30.5 Å². The van der Waals surface area contributed by atoms with E-state index in [4.69, 9.17) is 0 Å². The molecule has 1 amide bonds. The van der Waals surface area contributed by atoms with Gasteiger partial charge in [0.2, 0.25) is 0 Å². The average molecular weight is 258 g/mol. The van der Waals surface area contributed by atoms with Crippen molar-refractivity contribution < 1.29 is 4.79 Å². The number of nitrogens with one attached hydrogen (secondary N) is 2. The van der Waals surface area contributed by atoms with Gasteiger partial charge in [-0.2, -0.15) is 5.10 Å². The highest BCUT2D eigenvalue weighted by atomic mass is 16.1. The molecular weight excluding hydrogens is 240 g/mol. The van der Waals surface area contributed by atoms with Gasteiger partial charge in [0, 0.05) is 19.8 Å². The standard InChI is InChI=1S/C14H18N4O/c1-10-8-12(5-4-11(10)9-15-2)18-7-6-13(17-18)14(19)16-3/h4-8,15H,9H2,1-3H3,(H,16,19). The summed E-state index contributed by atoms with van der Waals surface area (Å²) in [5.74, 6) is -0.178. The molecule has 0 saturated heterocycles. The molecule has 0 fully saturated rings. The molecule has 2 N–H and O–H groups in total. The highest BCUT2D eigenvalue weighted by Gasteiger charge is 2.08. The lowest BCUT2D eigenvalue weighted by Crippen LogP contribution is -2.18. The second-order valence-corrected chi connectivity index (χ2v) is 4.37. The van der Waals surface area contributed by atoms with Gasteiger partial charge < -0.3 is 10.6 Å². The molecule has 0 aliphatic rings. The fourth-order valence-corrected chi connectivity index (χ4v) is 1.93. The van der Waals surface area contributed by atoms with Crippen molar-refractivity contribution in [3.63, 3.8) is 0 Å². The number of hydrogen-bond acceptors (Lipinski definition) is 3. The molecule has 0 aliphatic carbocycles. The SMILES string of the molecule is CNCc1ccc(-n2ccc(C(=O)NC)n2)cc1C. The lowest BCUT2D eigenvalue weighted by Gasteiger charge is -2.08. The molecule has 1 aromatic carbocycles. The number of nitrogens with zero attached hydrogens (tertiary/aromatic N) is 2. The van der Waals surface area contributed by atoms with Gasteiger partial charge in [-0.05, 0) is 43.3 Å². The number of amides is 1. The van der Waals surface area contributed by atoms with E-state index in [9.17, 15) is 4.79 Å². The lowest BCUT2D eigenvalue weighted by atomic mass is 10.1. The zero-order valence-corrected chi connectivity index (χ0v) is 11.4. The van der Waals surface area contributed by atoms with Crippen LogP contribution in [0.2, 0.25) is 0 Å². The fourth-order valence-electron chi connectivity index (χ4n) is 1.93. The van der Waals surface area contributed by atoms with E-state index in [1.54, 1.807) is 24.0 Å². The van der Waals surface area contributed by atoms with Crippen LogP contribution in [0.5, 0.6) is 0 Å². The third kappa shape index (κ3) is 2.82. The summed E-state index contributed by atoms with van der Waals surface area (Å²) < 4.78 is 1.71. The minimum Gasteiger partial charge on any atom is -0.354 e. The number of carbonyl (C=O) groups is 1. The molecule has 5 heteroatoms. The Balaban J connectivity index is 2.29. The van der Waals surface area contributed by atoms with E-state index in [0.29, 0.717) is 5.69 Å². The van der Waals surface area contributed by atoms with Crippen molar-refractivity contribution in [2.45, 2.75) is 13.5 Å². The normalized spacial score (nSPS) is 10.5. The maximum Gasteiger partial charge on any atom is 0.271 e. The van der Waals surface area contributed by atoms with E-state index in [2.05, 4.69) is 34.8 Å². The zero-order valence-electron chi connectivity index (χ0n) is 11.4. The Labute approximate surface area is 112 Å². The minimum atomic E-state index is -0.178. The predicted molar refractivity (Wildman–Crippen MR) is 74.5 cm³/mol. The van der Waals surface area contributed by atoms with Gasteiger partial charge in [-0.25, -0.2) is 4.68 Å². The lowest BCUT2D eigenvalue weighted by molar-refractivity contribution is 0.0957. The number of carbonyl (C=O) groups excluding carboxylic acids is 1. The highest BCUT2D eigenvalue weighted by Crippen LogP contribution is 2.14. The molecule has 0 saturated carbocycles. The molecule has 0 unspecified atom stereocenters. The summed E-state index contributed by atoms with van der Waals surface area (Å²) in [5.41, 5.74) is 3.82. The second-order valence-electron chi connectivity index (χ2n) is 4.37. The molecule has 0 spiro atoms. The van der Waals surface area contributed by atoms with Crippen LogP contribution >= 0.6 is 0 Å². The highest BCUT2D eigenvalue weighted by molar-refractivity contribution is 5.91. The summed E-state index contributed by atoms with van der Waals surface area (Å²) in [4.78, 5) is 11.5. The molecule has 1 aromatic heterocycles. The monoisotopic (exact) mass is 258 g/mol.